The summed E-state index contributed by atoms with van der Waals surface area (Å²) in [5, 5.41) is 6.77. The highest BCUT2D eigenvalue weighted by Crippen LogP contribution is 2.32. The van der Waals surface area contributed by atoms with Crippen LogP contribution in [0, 0.1) is 0 Å². The zero-order valence-corrected chi connectivity index (χ0v) is 10.9. The van der Waals surface area contributed by atoms with E-state index in [4.69, 9.17) is 15.0 Å². The largest absolute Gasteiger partial charge is 0.491 e. The number of fused-ring (bicyclic) bond motifs is 1. The van der Waals surface area contributed by atoms with Crippen LogP contribution in [0.3, 0.4) is 0 Å². The zero-order valence-electron chi connectivity index (χ0n) is 10.9. The van der Waals surface area contributed by atoms with Crippen molar-refractivity contribution in [2.75, 3.05) is 18.5 Å². The standard InChI is InChI=1S/C14H15N3O3/c15-5-3-10-8-13(20-17-10)9-1-2-12-11(7-9)16-14(18)4-6-19-12/h1-2,7-8H,3-6,15H2,(H,16,18). The molecule has 0 spiro atoms. The highest BCUT2D eigenvalue weighted by molar-refractivity contribution is 5.93. The molecule has 0 bridgehead atoms. The summed E-state index contributed by atoms with van der Waals surface area (Å²) < 4.78 is 10.8. The van der Waals surface area contributed by atoms with Crippen molar-refractivity contribution < 1.29 is 14.1 Å². The first-order valence-corrected chi connectivity index (χ1v) is 6.49. The summed E-state index contributed by atoms with van der Waals surface area (Å²) in [5.41, 5.74) is 7.80. The molecule has 1 aliphatic rings. The lowest BCUT2D eigenvalue weighted by molar-refractivity contribution is -0.116. The second kappa shape index (κ2) is 5.34. The van der Waals surface area contributed by atoms with Crippen LogP contribution in [0.25, 0.3) is 11.3 Å². The Bertz CT molecular complexity index is 636. The molecule has 3 N–H and O–H groups in total. The van der Waals surface area contributed by atoms with E-state index in [9.17, 15) is 4.79 Å². The molecule has 0 unspecified atom stereocenters. The van der Waals surface area contributed by atoms with Crippen molar-refractivity contribution in [3.8, 4) is 17.1 Å². The first kappa shape index (κ1) is 12.7. The highest BCUT2D eigenvalue weighted by Gasteiger charge is 2.15. The number of amides is 1. The predicted octanol–water partition coefficient (Wildman–Crippen LogP) is 1.56. The van der Waals surface area contributed by atoms with Crippen LogP contribution in [-0.4, -0.2) is 24.2 Å². The second-order valence-electron chi connectivity index (χ2n) is 4.58. The van der Waals surface area contributed by atoms with E-state index < -0.39 is 0 Å². The predicted molar refractivity (Wildman–Crippen MR) is 73.4 cm³/mol. The van der Waals surface area contributed by atoms with Gasteiger partial charge in [0.05, 0.1) is 24.4 Å². The molecule has 1 aromatic carbocycles. The van der Waals surface area contributed by atoms with Gasteiger partial charge < -0.3 is 20.3 Å². The smallest absolute Gasteiger partial charge is 0.227 e. The van der Waals surface area contributed by atoms with Crippen molar-refractivity contribution in [1.29, 1.82) is 0 Å². The third kappa shape index (κ3) is 2.50. The Morgan fingerprint density at radius 3 is 3.10 bits per heavy atom. The molecule has 6 heteroatoms. The maximum atomic E-state index is 11.5. The maximum absolute atomic E-state index is 11.5. The summed E-state index contributed by atoms with van der Waals surface area (Å²) in [6, 6.07) is 7.38. The zero-order chi connectivity index (χ0) is 13.9. The van der Waals surface area contributed by atoms with Gasteiger partial charge in [0.1, 0.15) is 5.75 Å². The van der Waals surface area contributed by atoms with Crippen LogP contribution in [0.4, 0.5) is 5.69 Å². The maximum Gasteiger partial charge on any atom is 0.227 e. The van der Waals surface area contributed by atoms with Gasteiger partial charge in [0.15, 0.2) is 5.76 Å². The van der Waals surface area contributed by atoms with Crippen molar-refractivity contribution in [2.45, 2.75) is 12.8 Å². The molecular formula is C14H15N3O3. The summed E-state index contributed by atoms with van der Waals surface area (Å²) in [6.07, 6.45) is 1.03. The molecule has 1 aromatic heterocycles. The normalized spacial score (nSPS) is 14.2. The molecule has 0 fully saturated rings. The fourth-order valence-electron chi connectivity index (χ4n) is 2.09. The Hall–Kier alpha value is -2.34. The number of carbonyl (C=O) groups is 1. The number of anilines is 1. The number of nitrogens with one attached hydrogen (secondary N) is 1. The molecule has 1 aliphatic heterocycles. The summed E-state index contributed by atoms with van der Waals surface area (Å²) in [4.78, 5) is 11.5. The van der Waals surface area contributed by atoms with E-state index in [1.165, 1.54) is 0 Å². The van der Waals surface area contributed by atoms with Crippen molar-refractivity contribution in [3.05, 3.63) is 30.0 Å². The quantitative estimate of drug-likeness (QED) is 0.885. The number of rotatable bonds is 3. The van der Waals surface area contributed by atoms with E-state index in [0.29, 0.717) is 43.2 Å². The number of benzene rings is 1. The Balaban J connectivity index is 1.92. The van der Waals surface area contributed by atoms with Crippen LogP contribution in [0.5, 0.6) is 5.75 Å². The molecule has 20 heavy (non-hydrogen) atoms. The van der Waals surface area contributed by atoms with E-state index in [-0.39, 0.29) is 5.91 Å². The fourth-order valence-corrected chi connectivity index (χ4v) is 2.09. The van der Waals surface area contributed by atoms with Crippen molar-refractivity contribution in [3.63, 3.8) is 0 Å². The van der Waals surface area contributed by atoms with Crippen LogP contribution in [0.1, 0.15) is 12.1 Å². The van der Waals surface area contributed by atoms with Crippen LogP contribution >= 0.6 is 0 Å². The van der Waals surface area contributed by atoms with E-state index >= 15 is 0 Å². The Morgan fingerprint density at radius 2 is 2.25 bits per heavy atom. The third-order valence-electron chi connectivity index (χ3n) is 3.08. The molecular weight excluding hydrogens is 258 g/mol. The Labute approximate surface area is 115 Å². The summed E-state index contributed by atoms with van der Waals surface area (Å²) in [6.45, 7) is 0.918. The Morgan fingerprint density at radius 1 is 1.35 bits per heavy atom. The van der Waals surface area contributed by atoms with Gasteiger partial charge in [-0.05, 0) is 24.7 Å². The number of hydrogen-bond acceptors (Lipinski definition) is 5. The van der Waals surface area contributed by atoms with Crippen LogP contribution in [-0.2, 0) is 11.2 Å². The molecule has 3 rings (SSSR count). The lowest BCUT2D eigenvalue weighted by Crippen LogP contribution is -2.10. The van der Waals surface area contributed by atoms with E-state index in [1.54, 1.807) is 0 Å². The lowest BCUT2D eigenvalue weighted by Gasteiger charge is -2.07. The monoisotopic (exact) mass is 273 g/mol. The van der Waals surface area contributed by atoms with Crippen molar-refractivity contribution in [2.24, 2.45) is 5.73 Å². The molecule has 104 valence electrons. The number of aromatic nitrogens is 1. The van der Waals surface area contributed by atoms with Crippen LogP contribution < -0.4 is 15.8 Å². The van der Waals surface area contributed by atoms with Crippen LogP contribution in [0.2, 0.25) is 0 Å². The first-order chi connectivity index (χ1) is 9.76. The summed E-state index contributed by atoms with van der Waals surface area (Å²) >= 11 is 0. The number of nitrogens with zero attached hydrogens (tertiary/aromatic N) is 1. The average Bonchev–Trinajstić information content (AvgIpc) is 2.81. The van der Waals surface area contributed by atoms with E-state index in [2.05, 4.69) is 10.5 Å². The van der Waals surface area contributed by atoms with Gasteiger partial charge in [-0.15, -0.1) is 0 Å². The van der Waals surface area contributed by atoms with Gasteiger partial charge in [0.25, 0.3) is 0 Å². The molecule has 0 saturated carbocycles. The minimum Gasteiger partial charge on any atom is -0.491 e. The second-order valence-corrected chi connectivity index (χ2v) is 4.58. The van der Waals surface area contributed by atoms with Gasteiger partial charge >= 0.3 is 0 Å². The molecule has 0 saturated heterocycles. The minimum atomic E-state index is -0.0534. The van der Waals surface area contributed by atoms with E-state index in [1.807, 2.05) is 24.3 Å². The van der Waals surface area contributed by atoms with Crippen molar-refractivity contribution in [1.82, 2.24) is 5.16 Å². The van der Waals surface area contributed by atoms with Crippen molar-refractivity contribution >= 4 is 11.6 Å². The molecule has 2 aromatic rings. The average molecular weight is 273 g/mol. The lowest BCUT2D eigenvalue weighted by atomic mass is 10.1. The molecule has 0 atom stereocenters. The minimum absolute atomic E-state index is 0.0534. The Kier molecular flexibility index (Phi) is 3.39. The fraction of sp³-hybridized carbons (Fsp3) is 0.286. The highest BCUT2D eigenvalue weighted by atomic mass is 16.5. The first-order valence-electron chi connectivity index (χ1n) is 6.49. The molecule has 1 amide bonds. The van der Waals surface area contributed by atoms with Gasteiger partial charge in [0, 0.05) is 18.1 Å². The molecule has 2 heterocycles. The number of ether oxygens (including phenoxy) is 1. The number of hydrogen-bond donors (Lipinski definition) is 2. The number of nitrogens with two attached hydrogens (primary N) is 1. The molecule has 0 radical (unpaired) electrons. The van der Waals surface area contributed by atoms with Gasteiger partial charge in [0.2, 0.25) is 5.91 Å². The van der Waals surface area contributed by atoms with E-state index in [0.717, 1.165) is 11.3 Å². The topological polar surface area (TPSA) is 90.4 Å². The third-order valence-corrected chi connectivity index (χ3v) is 3.08. The van der Waals surface area contributed by atoms with Gasteiger partial charge in [-0.1, -0.05) is 5.16 Å². The van der Waals surface area contributed by atoms with Gasteiger partial charge in [-0.25, -0.2) is 0 Å². The SMILES string of the molecule is NCCc1cc(-c2ccc3c(c2)NC(=O)CCO3)on1. The molecule has 6 nitrogen and oxygen atoms in total. The summed E-state index contributed by atoms with van der Waals surface area (Å²) in [7, 11) is 0. The van der Waals surface area contributed by atoms with Crippen LogP contribution in [0.15, 0.2) is 28.8 Å². The molecule has 0 aliphatic carbocycles. The van der Waals surface area contributed by atoms with Gasteiger partial charge in [-0.3, -0.25) is 4.79 Å². The summed E-state index contributed by atoms with van der Waals surface area (Å²) in [5.74, 6) is 1.26. The van der Waals surface area contributed by atoms with Gasteiger partial charge in [-0.2, -0.15) is 0 Å². The number of carbonyl (C=O) groups excluding carboxylic acids is 1.